The van der Waals surface area contributed by atoms with E-state index >= 15 is 0 Å². The van der Waals surface area contributed by atoms with Crippen molar-refractivity contribution >= 4 is 35.9 Å². The predicted octanol–water partition coefficient (Wildman–Crippen LogP) is 3.90. The summed E-state index contributed by atoms with van der Waals surface area (Å²) >= 11 is 4.49. The Morgan fingerprint density at radius 2 is 1.94 bits per heavy atom. The van der Waals surface area contributed by atoms with E-state index in [9.17, 15) is 9.18 Å². The highest BCUT2D eigenvalue weighted by Gasteiger charge is 2.21. The quantitative estimate of drug-likeness (QED) is 0.555. The number of aryl methyl sites for hydroxylation is 1. The minimum absolute atomic E-state index is 0.278. The number of benzene rings is 1. The number of nitrogens with zero attached hydrogens (tertiary/aromatic N) is 5. The van der Waals surface area contributed by atoms with E-state index in [1.165, 1.54) is 16.7 Å². The molecule has 9 heteroatoms. The normalized spacial score (nSPS) is 14.2. The van der Waals surface area contributed by atoms with Crippen LogP contribution in [0.1, 0.15) is 42.5 Å². The lowest BCUT2D eigenvalue weighted by Gasteiger charge is -2.33. The Bertz CT molecular complexity index is 1160. The van der Waals surface area contributed by atoms with Crippen molar-refractivity contribution in [3.05, 3.63) is 65.4 Å². The number of halogens is 1. The summed E-state index contributed by atoms with van der Waals surface area (Å²) in [6, 6.07) is 10.9. The summed E-state index contributed by atoms with van der Waals surface area (Å²) in [7, 11) is 0. The van der Waals surface area contributed by atoms with Crippen LogP contribution in [0.5, 0.6) is 0 Å². The Morgan fingerprint density at radius 3 is 2.62 bits per heavy atom. The number of nitrogens with one attached hydrogen (secondary N) is 1. The van der Waals surface area contributed by atoms with Crippen LogP contribution in [-0.2, 0) is 13.0 Å². The number of hydrogen-bond donors (Lipinski definition) is 2. The lowest BCUT2D eigenvalue weighted by molar-refractivity contribution is 0.0944. The van der Waals surface area contributed by atoms with E-state index in [1.54, 1.807) is 6.07 Å². The Morgan fingerprint density at radius 1 is 1.19 bits per heavy atom. The first kappa shape index (κ1) is 22.1. The number of rotatable bonds is 6. The number of amides is 1. The molecule has 0 atom stereocenters. The molecule has 0 fully saturated rings. The maximum atomic E-state index is 13.7. The number of hydrogen-bond acceptors (Lipinski definition) is 6. The highest BCUT2D eigenvalue weighted by Crippen LogP contribution is 2.21. The molecule has 0 saturated heterocycles. The molecule has 32 heavy (non-hydrogen) atoms. The van der Waals surface area contributed by atoms with Gasteiger partial charge in [0.25, 0.3) is 5.91 Å². The number of thiol groups is 1. The number of aromatic nitrogens is 2. The standard InChI is InChI=1S/C23H27FN6OS/c1-4-19-21(28-14-17(24)7-10-20(28)26-19)23(31)25-13-16-5-8-18(9-6-16)29-11-12-30(32)22(27-29)15(2)3/h5-10,14-15,32H,4,11-13H2,1-3H3,(H,25,31). The van der Waals surface area contributed by atoms with Crippen LogP contribution in [-0.4, -0.2) is 38.5 Å². The summed E-state index contributed by atoms with van der Waals surface area (Å²) < 4.78 is 17.1. The number of imidazole rings is 1. The lowest BCUT2D eigenvalue weighted by atomic mass is 10.1. The van der Waals surface area contributed by atoms with Gasteiger partial charge in [-0.2, -0.15) is 5.10 Å². The molecule has 1 aliphatic heterocycles. The van der Waals surface area contributed by atoms with Crippen LogP contribution in [0.15, 0.2) is 47.7 Å². The predicted molar refractivity (Wildman–Crippen MR) is 127 cm³/mol. The second-order valence-corrected chi connectivity index (χ2v) is 8.53. The van der Waals surface area contributed by atoms with Crippen LogP contribution in [0.2, 0.25) is 0 Å². The Hall–Kier alpha value is -3.07. The van der Waals surface area contributed by atoms with Gasteiger partial charge < -0.3 is 9.62 Å². The monoisotopic (exact) mass is 454 g/mol. The van der Waals surface area contributed by atoms with Gasteiger partial charge in [-0.1, -0.05) is 45.7 Å². The molecule has 7 nitrogen and oxygen atoms in total. The number of fused-ring (bicyclic) bond motifs is 1. The third-order valence-electron chi connectivity index (χ3n) is 5.42. The fourth-order valence-electron chi connectivity index (χ4n) is 3.74. The number of anilines is 1. The van der Waals surface area contributed by atoms with Gasteiger partial charge >= 0.3 is 0 Å². The number of carbonyl (C=O) groups is 1. The summed E-state index contributed by atoms with van der Waals surface area (Å²) in [5, 5.41) is 9.63. The summed E-state index contributed by atoms with van der Waals surface area (Å²) in [6.07, 6.45) is 1.88. The van der Waals surface area contributed by atoms with Crippen molar-refractivity contribution in [2.24, 2.45) is 11.0 Å². The van der Waals surface area contributed by atoms with Crippen molar-refractivity contribution in [2.75, 3.05) is 18.1 Å². The number of pyridine rings is 1. The summed E-state index contributed by atoms with van der Waals surface area (Å²) in [6.45, 7) is 8.01. The van der Waals surface area contributed by atoms with Gasteiger partial charge in [0.1, 0.15) is 23.0 Å². The molecule has 2 aromatic heterocycles. The third kappa shape index (κ3) is 4.43. The van der Waals surface area contributed by atoms with Gasteiger partial charge in [-0.3, -0.25) is 14.2 Å². The van der Waals surface area contributed by atoms with Gasteiger partial charge in [0.2, 0.25) is 0 Å². The molecular weight excluding hydrogens is 427 g/mol. The second kappa shape index (κ2) is 9.20. The Labute approximate surface area is 192 Å². The molecule has 0 bridgehead atoms. The van der Waals surface area contributed by atoms with Gasteiger partial charge in [-0.25, -0.2) is 9.37 Å². The van der Waals surface area contributed by atoms with Gasteiger partial charge in [0, 0.05) is 18.7 Å². The average molecular weight is 455 g/mol. The van der Waals surface area contributed by atoms with E-state index in [0.29, 0.717) is 30.0 Å². The van der Waals surface area contributed by atoms with Crippen LogP contribution >= 0.6 is 12.8 Å². The van der Waals surface area contributed by atoms with Crippen molar-refractivity contribution in [3.8, 4) is 0 Å². The van der Waals surface area contributed by atoms with Crippen molar-refractivity contribution in [3.63, 3.8) is 0 Å². The van der Waals surface area contributed by atoms with Crippen molar-refractivity contribution in [2.45, 2.75) is 33.7 Å². The lowest BCUT2D eigenvalue weighted by Crippen LogP contribution is -2.41. The van der Waals surface area contributed by atoms with E-state index < -0.39 is 5.82 Å². The molecule has 0 unspecified atom stereocenters. The molecule has 0 radical (unpaired) electrons. The zero-order valence-electron chi connectivity index (χ0n) is 18.4. The number of amidine groups is 1. The maximum absolute atomic E-state index is 13.7. The molecule has 1 aliphatic rings. The highest BCUT2D eigenvalue weighted by molar-refractivity contribution is 7.78. The van der Waals surface area contributed by atoms with E-state index in [4.69, 9.17) is 5.10 Å². The fraction of sp³-hybridized carbons (Fsp3) is 0.348. The zero-order valence-corrected chi connectivity index (χ0v) is 19.3. The zero-order chi connectivity index (χ0) is 22.8. The van der Waals surface area contributed by atoms with Crippen molar-refractivity contribution in [1.29, 1.82) is 0 Å². The van der Waals surface area contributed by atoms with E-state index in [-0.39, 0.29) is 11.8 Å². The fourth-order valence-corrected chi connectivity index (χ4v) is 4.10. The summed E-state index contributed by atoms with van der Waals surface area (Å²) in [4.78, 5) is 17.3. The molecule has 1 N–H and O–H groups in total. The van der Waals surface area contributed by atoms with Gasteiger partial charge in [-0.05, 0) is 36.2 Å². The first-order valence-corrected chi connectivity index (χ1v) is 11.1. The highest BCUT2D eigenvalue weighted by atomic mass is 32.1. The molecule has 1 amide bonds. The summed E-state index contributed by atoms with van der Waals surface area (Å²) in [5.41, 5.74) is 3.52. The second-order valence-electron chi connectivity index (χ2n) is 8.04. The van der Waals surface area contributed by atoms with Crippen LogP contribution in [0.4, 0.5) is 10.1 Å². The van der Waals surface area contributed by atoms with Crippen LogP contribution in [0.25, 0.3) is 5.65 Å². The summed E-state index contributed by atoms with van der Waals surface area (Å²) in [5.74, 6) is 0.530. The molecule has 3 aromatic rings. The van der Waals surface area contributed by atoms with Crippen molar-refractivity contribution in [1.82, 2.24) is 19.0 Å². The van der Waals surface area contributed by atoms with Gasteiger partial charge in [-0.15, -0.1) is 0 Å². The Balaban J connectivity index is 1.47. The van der Waals surface area contributed by atoms with Crippen LogP contribution < -0.4 is 10.3 Å². The van der Waals surface area contributed by atoms with Crippen LogP contribution in [0, 0.1) is 11.7 Å². The largest absolute Gasteiger partial charge is 0.347 e. The first-order valence-electron chi connectivity index (χ1n) is 10.7. The SMILES string of the molecule is CCc1nc2ccc(F)cn2c1C(=O)NCc1ccc(N2CCN(S)C(C(C)C)=N2)cc1. The van der Waals surface area contributed by atoms with E-state index in [2.05, 4.69) is 37.0 Å². The molecule has 4 rings (SSSR count). The molecule has 0 saturated carbocycles. The molecular formula is C23H27FN6OS. The number of hydrazone groups is 1. The first-order chi connectivity index (χ1) is 15.4. The van der Waals surface area contributed by atoms with Crippen LogP contribution in [0.3, 0.4) is 0 Å². The van der Waals surface area contributed by atoms with Gasteiger partial charge in [0.05, 0.1) is 24.5 Å². The minimum Gasteiger partial charge on any atom is -0.347 e. The smallest absolute Gasteiger partial charge is 0.270 e. The van der Waals surface area contributed by atoms with Gasteiger partial charge in [0.15, 0.2) is 0 Å². The minimum atomic E-state index is -0.413. The third-order valence-corrected chi connectivity index (χ3v) is 5.82. The van der Waals surface area contributed by atoms with Crippen molar-refractivity contribution < 1.29 is 9.18 Å². The maximum Gasteiger partial charge on any atom is 0.270 e. The molecule has 1 aromatic carbocycles. The molecule has 168 valence electrons. The average Bonchev–Trinajstić information content (AvgIpc) is 3.16. The number of carbonyl (C=O) groups excluding carboxylic acids is 1. The van der Waals surface area contributed by atoms with E-state index in [1.807, 2.05) is 40.5 Å². The molecule has 0 spiro atoms. The topological polar surface area (TPSA) is 65.2 Å². The van der Waals surface area contributed by atoms with E-state index in [0.717, 1.165) is 30.2 Å². The Kier molecular flexibility index (Phi) is 6.36. The molecule has 3 heterocycles. The molecule has 0 aliphatic carbocycles.